The fourth-order valence-electron chi connectivity index (χ4n) is 8.54. The first-order valence-corrected chi connectivity index (χ1v) is 29.7. The average Bonchev–Trinajstić information content (AvgIpc) is 3.34. The van der Waals surface area contributed by atoms with Crippen LogP contribution in [0.4, 0.5) is 0 Å². The van der Waals surface area contributed by atoms with Gasteiger partial charge in [0.05, 0.1) is 0 Å². The Labute approximate surface area is 422 Å². The summed E-state index contributed by atoms with van der Waals surface area (Å²) in [5.74, 6) is -0.918. The molecule has 396 valence electrons. The van der Waals surface area contributed by atoms with Crippen molar-refractivity contribution in [2.75, 3.05) is 13.2 Å². The summed E-state index contributed by atoms with van der Waals surface area (Å²) in [6.07, 6.45) is 69.6. The molecule has 0 radical (unpaired) electrons. The highest BCUT2D eigenvalue weighted by atomic mass is 16.6. The second kappa shape index (κ2) is 57.0. The molecular weight excluding hydrogens is 841 g/mol. The Kier molecular flexibility index (Phi) is 54.8. The SMILES string of the molecule is CCCCCCCCC/C=C\C=C/CCCCCC(=O)OC(COC(=O)CCCCCCC/C=C\CCCCCCCCC)COC(=O)CCCCCCC/C=C\CCCCCCCCCCC. The summed E-state index contributed by atoms with van der Waals surface area (Å²) in [4.78, 5) is 38.2. The van der Waals surface area contributed by atoms with Gasteiger partial charge in [-0.15, -0.1) is 0 Å². The molecule has 1 unspecified atom stereocenters. The van der Waals surface area contributed by atoms with Crippen molar-refractivity contribution in [3.63, 3.8) is 0 Å². The molecule has 0 bridgehead atoms. The second-order valence-electron chi connectivity index (χ2n) is 19.9. The molecule has 0 aromatic heterocycles. The summed E-state index contributed by atoms with van der Waals surface area (Å²) in [6, 6.07) is 0. The number of unbranched alkanes of at least 4 members (excludes halogenated alkanes) is 36. The molecule has 0 heterocycles. The lowest BCUT2D eigenvalue weighted by Crippen LogP contribution is -2.30. The number of esters is 3. The molecule has 0 saturated carbocycles. The van der Waals surface area contributed by atoms with E-state index in [9.17, 15) is 14.4 Å². The number of hydrogen-bond acceptors (Lipinski definition) is 6. The number of carbonyl (C=O) groups is 3. The van der Waals surface area contributed by atoms with Crippen LogP contribution in [0.2, 0.25) is 0 Å². The van der Waals surface area contributed by atoms with E-state index in [1.165, 1.54) is 186 Å². The third kappa shape index (κ3) is 54.3. The lowest BCUT2D eigenvalue weighted by molar-refractivity contribution is -0.167. The standard InChI is InChI=1S/C62H112O6/c1-4-7-10-13-16-19-22-25-28-31-32-35-37-40-43-46-49-52-55-61(64)67-58-59(68-62(65)56-53-50-47-44-41-38-34-30-27-24-21-18-15-12-9-6-3)57-66-60(63)54-51-48-45-42-39-36-33-29-26-23-20-17-14-11-8-5-2/h29-30,32-35,38,41,59H,4-28,31,36-37,39-40,42-58H2,1-3H3/b33-29-,34-30-,35-32-,41-38-. The second-order valence-corrected chi connectivity index (χ2v) is 19.9. The van der Waals surface area contributed by atoms with Crippen molar-refractivity contribution >= 4 is 17.9 Å². The van der Waals surface area contributed by atoms with Crippen LogP contribution in [0, 0.1) is 0 Å². The fourth-order valence-corrected chi connectivity index (χ4v) is 8.54. The molecule has 0 spiro atoms. The maximum Gasteiger partial charge on any atom is 0.306 e. The van der Waals surface area contributed by atoms with Crippen molar-refractivity contribution in [3.05, 3.63) is 48.6 Å². The number of allylic oxidation sites excluding steroid dienone is 8. The van der Waals surface area contributed by atoms with Gasteiger partial charge in [-0.2, -0.15) is 0 Å². The van der Waals surface area contributed by atoms with Crippen molar-refractivity contribution in [3.8, 4) is 0 Å². The van der Waals surface area contributed by atoms with Crippen LogP contribution in [-0.2, 0) is 28.6 Å². The fraction of sp³-hybridized carbons (Fsp3) is 0.823. The van der Waals surface area contributed by atoms with Gasteiger partial charge in [0.1, 0.15) is 13.2 Å². The molecule has 0 saturated heterocycles. The minimum atomic E-state index is -0.793. The van der Waals surface area contributed by atoms with Gasteiger partial charge in [-0.3, -0.25) is 14.4 Å². The Hall–Kier alpha value is -2.63. The van der Waals surface area contributed by atoms with Gasteiger partial charge in [0, 0.05) is 19.3 Å². The third-order valence-electron chi connectivity index (χ3n) is 13.1. The number of carbonyl (C=O) groups excluding carboxylic acids is 3. The number of rotatable bonds is 54. The molecule has 0 aliphatic rings. The summed E-state index contributed by atoms with van der Waals surface area (Å²) in [7, 11) is 0. The monoisotopic (exact) mass is 953 g/mol. The summed E-state index contributed by atoms with van der Waals surface area (Å²) in [5, 5.41) is 0. The van der Waals surface area contributed by atoms with E-state index in [-0.39, 0.29) is 31.1 Å². The number of hydrogen-bond donors (Lipinski definition) is 0. The van der Waals surface area contributed by atoms with E-state index in [4.69, 9.17) is 14.2 Å². The van der Waals surface area contributed by atoms with Crippen molar-refractivity contribution in [2.45, 2.75) is 316 Å². The molecule has 68 heavy (non-hydrogen) atoms. The molecule has 6 nitrogen and oxygen atoms in total. The van der Waals surface area contributed by atoms with E-state index < -0.39 is 6.10 Å². The van der Waals surface area contributed by atoms with Gasteiger partial charge >= 0.3 is 17.9 Å². The van der Waals surface area contributed by atoms with Crippen LogP contribution in [0.15, 0.2) is 48.6 Å². The van der Waals surface area contributed by atoms with Crippen LogP contribution < -0.4 is 0 Å². The highest BCUT2D eigenvalue weighted by molar-refractivity contribution is 5.71. The lowest BCUT2D eigenvalue weighted by Gasteiger charge is -2.18. The Morgan fingerprint density at radius 3 is 0.838 bits per heavy atom. The summed E-state index contributed by atoms with van der Waals surface area (Å²) >= 11 is 0. The molecule has 0 amide bonds. The largest absolute Gasteiger partial charge is 0.462 e. The van der Waals surface area contributed by atoms with E-state index in [1.54, 1.807) is 0 Å². The smallest absolute Gasteiger partial charge is 0.306 e. The first kappa shape index (κ1) is 65.4. The molecule has 0 rings (SSSR count). The van der Waals surface area contributed by atoms with Gasteiger partial charge in [0.2, 0.25) is 0 Å². The Bertz CT molecular complexity index is 1190. The summed E-state index contributed by atoms with van der Waals surface area (Å²) in [6.45, 7) is 6.63. The van der Waals surface area contributed by atoms with Crippen molar-refractivity contribution < 1.29 is 28.6 Å². The zero-order valence-electron chi connectivity index (χ0n) is 45.4. The Morgan fingerprint density at radius 2 is 0.529 bits per heavy atom. The van der Waals surface area contributed by atoms with Crippen LogP contribution in [0.5, 0.6) is 0 Å². The van der Waals surface area contributed by atoms with Gasteiger partial charge in [0.15, 0.2) is 6.10 Å². The van der Waals surface area contributed by atoms with Crippen molar-refractivity contribution in [2.24, 2.45) is 0 Å². The topological polar surface area (TPSA) is 78.9 Å². The van der Waals surface area contributed by atoms with Gasteiger partial charge in [-0.1, -0.05) is 243 Å². The molecule has 0 aromatic rings. The van der Waals surface area contributed by atoms with Crippen molar-refractivity contribution in [1.29, 1.82) is 0 Å². The quantitative estimate of drug-likeness (QED) is 0.0199. The molecule has 0 aliphatic carbocycles. The predicted molar refractivity (Wildman–Crippen MR) is 293 cm³/mol. The molecule has 0 fully saturated rings. The molecule has 0 aliphatic heterocycles. The zero-order valence-corrected chi connectivity index (χ0v) is 45.4. The van der Waals surface area contributed by atoms with E-state index in [2.05, 4.69) is 69.4 Å². The van der Waals surface area contributed by atoms with Crippen molar-refractivity contribution in [1.82, 2.24) is 0 Å². The normalized spacial score (nSPS) is 12.3. The number of ether oxygens (including phenoxy) is 3. The predicted octanol–water partition coefficient (Wildman–Crippen LogP) is 19.8. The van der Waals surface area contributed by atoms with E-state index in [0.717, 1.165) is 83.5 Å². The van der Waals surface area contributed by atoms with Gasteiger partial charge in [0.25, 0.3) is 0 Å². The van der Waals surface area contributed by atoms with Crippen LogP contribution in [0.1, 0.15) is 310 Å². The van der Waals surface area contributed by atoms with E-state index in [1.807, 2.05) is 0 Å². The van der Waals surface area contributed by atoms with Crippen LogP contribution in [0.3, 0.4) is 0 Å². The van der Waals surface area contributed by atoms with Gasteiger partial charge < -0.3 is 14.2 Å². The highest BCUT2D eigenvalue weighted by Gasteiger charge is 2.19. The molecule has 0 N–H and O–H groups in total. The molecule has 1 atom stereocenters. The molecule has 6 heteroatoms. The zero-order chi connectivity index (χ0) is 49.3. The summed E-state index contributed by atoms with van der Waals surface area (Å²) in [5.41, 5.74) is 0. The lowest BCUT2D eigenvalue weighted by atomic mass is 10.1. The highest BCUT2D eigenvalue weighted by Crippen LogP contribution is 2.15. The Balaban J connectivity index is 4.42. The maximum absolute atomic E-state index is 12.8. The average molecular weight is 954 g/mol. The maximum atomic E-state index is 12.8. The minimum absolute atomic E-state index is 0.0893. The first-order valence-electron chi connectivity index (χ1n) is 29.7. The third-order valence-corrected chi connectivity index (χ3v) is 13.1. The van der Waals surface area contributed by atoms with Crippen LogP contribution >= 0.6 is 0 Å². The van der Waals surface area contributed by atoms with Gasteiger partial charge in [-0.05, 0) is 96.3 Å². The van der Waals surface area contributed by atoms with E-state index >= 15 is 0 Å². The van der Waals surface area contributed by atoms with Crippen LogP contribution in [0.25, 0.3) is 0 Å². The molecular formula is C62H112O6. The molecule has 0 aromatic carbocycles. The summed E-state index contributed by atoms with van der Waals surface area (Å²) < 4.78 is 16.9. The van der Waals surface area contributed by atoms with Crippen LogP contribution in [-0.4, -0.2) is 37.2 Å². The Morgan fingerprint density at radius 1 is 0.294 bits per heavy atom. The first-order chi connectivity index (χ1) is 33.5. The minimum Gasteiger partial charge on any atom is -0.462 e. The van der Waals surface area contributed by atoms with E-state index in [0.29, 0.717) is 19.3 Å². The van der Waals surface area contributed by atoms with Gasteiger partial charge in [-0.25, -0.2) is 0 Å².